The highest BCUT2D eigenvalue weighted by atomic mass is 127. The van der Waals surface area contributed by atoms with Crippen LogP contribution in [0.15, 0.2) is 0 Å². The van der Waals surface area contributed by atoms with Crippen LogP contribution < -0.4 is 0 Å². The fraction of sp³-hybridized carbons (Fsp3) is 1.00. The molecular weight excluding hydrogens is 692 g/mol. The van der Waals surface area contributed by atoms with Crippen LogP contribution in [0.4, 0.5) is 0 Å². The Morgan fingerprint density at radius 2 is 0.643 bits per heavy atom. The molecular formula is C6H18I4Si4. The zero-order valence-electron chi connectivity index (χ0n) is 9.51. The summed E-state index contributed by atoms with van der Waals surface area (Å²) in [4.78, 5) is 0. The highest BCUT2D eigenvalue weighted by molar-refractivity contribution is 14.3. The molecule has 0 aliphatic heterocycles. The van der Waals surface area contributed by atoms with Crippen molar-refractivity contribution in [1.29, 1.82) is 0 Å². The van der Waals surface area contributed by atoms with Crippen LogP contribution in [0.3, 0.4) is 0 Å². The summed E-state index contributed by atoms with van der Waals surface area (Å²) >= 11 is 11.7. The van der Waals surface area contributed by atoms with E-state index in [1.807, 2.05) is 0 Å². The summed E-state index contributed by atoms with van der Waals surface area (Å²) in [5.74, 6) is 0. The highest BCUT2D eigenvalue weighted by Crippen LogP contribution is 2.51. The standard InChI is InChI=1S/C6H18I4Si4/c1-11(2,3)13(7,8)14(9,10)12(4,5)6/h1-6H3. The predicted octanol–water partition coefficient (Wildman–Crippen LogP) is 5.52. The molecule has 86 valence electrons. The molecule has 0 aliphatic carbocycles. The second-order valence-corrected chi connectivity index (χ2v) is 94.2. The Hall–Kier alpha value is 3.79. The third-order valence-electron chi connectivity index (χ3n) is 2.28. The second kappa shape index (κ2) is 5.42. The molecule has 0 aromatic rings. The molecule has 0 atom stereocenters. The summed E-state index contributed by atoms with van der Waals surface area (Å²) in [6.07, 6.45) is 0. The second-order valence-electron chi connectivity index (χ2n) is 5.65. The summed E-state index contributed by atoms with van der Waals surface area (Å²) in [6.45, 7) is 15.5. The van der Waals surface area contributed by atoms with Crippen molar-refractivity contribution in [3.05, 3.63) is 0 Å². The average Bonchev–Trinajstić information content (AvgIpc) is 1.81. The Morgan fingerprint density at radius 3 is 0.714 bits per heavy atom. The zero-order chi connectivity index (χ0) is 12.0. The molecule has 0 fully saturated rings. The van der Waals surface area contributed by atoms with Gasteiger partial charge in [0, 0.05) is 0 Å². The van der Waals surface area contributed by atoms with E-state index in [1.54, 1.807) is 0 Å². The molecule has 0 saturated heterocycles. The molecule has 0 unspecified atom stereocenters. The van der Waals surface area contributed by atoms with Gasteiger partial charge in [-0.3, -0.25) is 0 Å². The Morgan fingerprint density at radius 1 is 0.500 bits per heavy atom. The topological polar surface area (TPSA) is 0 Å². The van der Waals surface area contributed by atoms with Crippen LogP contribution in [0.5, 0.6) is 0 Å². The molecule has 0 nitrogen and oxygen atoms in total. The quantitative estimate of drug-likeness (QED) is 0.206. The number of rotatable bonds is 3. The van der Waals surface area contributed by atoms with E-state index in [4.69, 9.17) is 0 Å². The minimum Gasteiger partial charge on any atom is -0.110 e. The maximum absolute atomic E-state index is 2.92. The van der Waals surface area contributed by atoms with E-state index >= 15 is 0 Å². The summed E-state index contributed by atoms with van der Waals surface area (Å²) < 4.78 is -2.03. The van der Waals surface area contributed by atoms with Gasteiger partial charge in [0.05, 0.1) is 15.2 Å². The summed E-state index contributed by atoms with van der Waals surface area (Å²) in [5.41, 5.74) is 0. The molecule has 0 saturated carbocycles. The fourth-order valence-electron chi connectivity index (χ4n) is 0.942. The first-order chi connectivity index (χ1) is 5.75. The minimum absolute atomic E-state index is 0.936. The smallest absolute Gasteiger partial charge is 0.110 e. The van der Waals surface area contributed by atoms with Gasteiger partial charge in [0.1, 0.15) is 0 Å². The van der Waals surface area contributed by atoms with Crippen molar-refractivity contribution in [2.75, 3.05) is 0 Å². The molecule has 0 bridgehead atoms. The predicted molar refractivity (Wildman–Crippen MR) is 114 cm³/mol. The first kappa shape index (κ1) is 17.8. The van der Waals surface area contributed by atoms with Crippen molar-refractivity contribution in [2.45, 2.75) is 39.3 Å². The van der Waals surface area contributed by atoms with Crippen molar-refractivity contribution in [3.63, 3.8) is 0 Å². The number of hydrogen-bond acceptors (Lipinski definition) is 0. The largest absolute Gasteiger partial charge is 0.193 e. The van der Waals surface area contributed by atoms with Gasteiger partial charge in [-0.05, 0) is 0 Å². The molecule has 0 aromatic heterocycles. The van der Waals surface area contributed by atoms with Crippen molar-refractivity contribution >= 4 is 107 Å². The van der Waals surface area contributed by atoms with Gasteiger partial charge in [-0.25, -0.2) is 0 Å². The third kappa shape index (κ3) is 3.64. The van der Waals surface area contributed by atoms with Crippen molar-refractivity contribution in [1.82, 2.24) is 0 Å². The van der Waals surface area contributed by atoms with Crippen molar-refractivity contribution < 1.29 is 0 Å². The lowest BCUT2D eigenvalue weighted by atomic mass is 11.8. The number of halogens is 4. The van der Waals surface area contributed by atoms with E-state index in [9.17, 15) is 0 Å². The van der Waals surface area contributed by atoms with E-state index in [-0.39, 0.29) is 0 Å². The Bertz CT molecular complexity index is 191. The summed E-state index contributed by atoms with van der Waals surface area (Å²) in [7, 11) is -1.87. The van der Waals surface area contributed by atoms with Crippen LogP contribution in [0, 0.1) is 0 Å². The van der Waals surface area contributed by atoms with Gasteiger partial charge in [-0.2, -0.15) is 0 Å². The molecule has 0 heterocycles. The van der Waals surface area contributed by atoms with E-state index < -0.39 is 19.4 Å². The Labute approximate surface area is 143 Å². The normalized spacial score (nSPS) is 15.9. The summed E-state index contributed by atoms with van der Waals surface area (Å²) in [5, 5.41) is 0. The van der Waals surface area contributed by atoms with Crippen LogP contribution in [0.1, 0.15) is 0 Å². The SMILES string of the molecule is C[Si](C)(C)[Si](I)(I)[Si](I)(I)[Si](C)(C)C. The third-order valence-corrected chi connectivity index (χ3v) is 186. The van der Waals surface area contributed by atoms with Crippen LogP contribution >= 0.6 is 87.2 Å². The Kier molecular flexibility index (Phi) is 6.88. The van der Waals surface area contributed by atoms with E-state index in [0.717, 1.165) is 0 Å². The average molecular weight is 710 g/mol. The van der Waals surface area contributed by atoms with Gasteiger partial charge in [-0.1, -0.05) is 39.3 Å². The van der Waals surface area contributed by atoms with Gasteiger partial charge in [0.25, 0.3) is 0 Å². The van der Waals surface area contributed by atoms with E-state index in [2.05, 4.69) is 126 Å². The van der Waals surface area contributed by atoms with Gasteiger partial charge >= 0.3 is 0 Å². The summed E-state index contributed by atoms with van der Waals surface area (Å²) in [6, 6.07) is 0. The molecule has 0 spiro atoms. The van der Waals surface area contributed by atoms with Gasteiger partial charge in [0.15, 0.2) is 4.20 Å². The first-order valence-electron chi connectivity index (χ1n) is 4.51. The lowest BCUT2D eigenvalue weighted by Crippen LogP contribution is -2.71. The van der Waals surface area contributed by atoms with Crippen LogP contribution in [-0.4, -0.2) is 19.4 Å². The van der Waals surface area contributed by atoms with Crippen molar-refractivity contribution in [2.24, 2.45) is 0 Å². The minimum atomic E-state index is -1.02. The highest BCUT2D eigenvalue weighted by Gasteiger charge is 2.63. The van der Waals surface area contributed by atoms with Crippen LogP contribution in [0.2, 0.25) is 39.3 Å². The zero-order valence-corrected chi connectivity index (χ0v) is 22.1. The molecule has 0 aromatic carbocycles. The van der Waals surface area contributed by atoms with Gasteiger partial charge in [0.2, 0.25) is 0 Å². The van der Waals surface area contributed by atoms with E-state index in [0.29, 0.717) is 0 Å². The molecule has 14 heavy (non-hydrogen) atoms. The molecule has 0 rings (SSSR count). The first-order valence-corrected chi connectivity index (χ1v) is 31.0. The molecule has 0 N–H and O–H groups in total. The molecule has 0 amide bonds. The van der Waals surface area contributed by atoms with E-state index in [1.165, 1.54) is 0 Å². The lowest BCUT2D eigenvalue weighted by molar-refractivity contribution is 1.85. The van der Waals surface area contributed by atoms with Gasteiger partial charge in [-0.15, -0.1) is 87.2 Å². The van der Waals surface area contributed by atoms with Crippen LogP contribution in [0.25, 0.3) is 0 Å². The molecule has 0 radical (unpaired) electrons. The lowest BCUT2D eigenvalue weighted by Gasteiger charge is -2.45. The molecule has 8 heteroatoms. The monoisotopic (exact) mass is 710 g/mol. The maximum Gasteiger partial charge on any atom is 0.193 e. The number of hydrogen-bond donors (Lipinski definition) is 0. The maximum atomic E-state index is 2.92. The molecule has 0 aliphatic rings. The fourth-order valence-corrected chi connectivity index (χ4v) is 133. The van der Waals surface area contributed by atoms with Crippen LogP contribution in [-0.2, 0) is 0 Å². The Balaban J connectivity index is 5.30. The van der Waals surface area contributed by atoms with Gasteiger partial charge < -0.3 is 0 Å². The van der Waals surface area contributed by atoms with Crippen molar-refractivity contribution in [3.8, 4) is 0 Å².